The molecule has 3 heteroatoms. The molecule has 1 aromatic rings. The zero-order valence-corrected chi connectivity index (χ0v) is 10.7. The smallest absolute Gasteiger partial charge is 0.189 e. The topological polar surface area (TPSA) is 30.5 Å². The summed E-state index contributed by atoms with van der Waals surface area (Å²) in [6.07, 6.45) is 2.33. The maximum Gasteiger partial charge on any atom is 0.189 e. The van der Waals surface area contributed by atoms with Gasteiger partial charge in [-0.15, -0.1) is 0 Å². The Kier molecular flexibility index (Phi) is 4.40. The van der Waals surface area contributed by atoms with E-state index >= 15 is 0 Å². The maximum absolute atomic E-state index is 5.52. The predicted octanol–water partition coefficient (Wildman–Crippen LogP) is 2.66. The summed E-state index contributed by atoms with van der Waals surface area (Å²) < 4.78 is 10.7. The first kappa shape index (κ1) is 12.4. The lowest BCUT2D eigenvalue weighted by Crippen LogP contribution is -2.18. The number of rotatable bonds is 6. The Bertz CT molecular complexity index is 365. The van der Waals surface area contributed by atoms with Gasteiger partial charge < -0.3 is 14.8 Å². The second-order valence-corrected chi connectivity index (χ2v) is 4.26. The number of aryl methyl sites for hydroxylation is 1. The normalized spacial score (nSPS) is 18.1. The molecule has 0 heterocycles. The number of hydrogen-bond donors (Lipinski definition) is 1. The SMILES string of the molecule is CCNC1CCc2cc(OCOCC)ccc21. The van der Waals surface area contributed by atoms with Gasteiger partial charge in [-0.25, -0.2) is 0 Å². The largest absolute Gasteiger partial charge is 0.468 e. The van der Waals surface area contributed by atoms with Crippen LogP contribution in [0.1, 0.15) is 37.4 Å². The van der Waals surface area contributed by atoms with E-state index in [2.05, 4.69) is 24.4 Å². The van der Waals surface area contributed by atoms with Crippen LogP contribution < -0.4 is 10.1 Å². The molecular weight excluding hydrogens is 214 g/mol. The molecule has 0 spiro atoms. The Morgan fingerprint density at radius 3 is 3.00 bits per heavy atom. The van der Waals surface area contributed by atoms with Gasteiger partial charge in [0.2, 0.25) is 0 Å². The lowest BCUT2D eigenvalue weighted by atomic mass is 10.1. The highest BCUT2D eigenvalue weighted by atomic mass is 16.7. The van der Waals surface area contributed by atoms with Crippen molar-refractivity contribution in [1.82, 2.24) is 5.32 Å². The predicted molar refractivity (Wildman–Crippen MR) is 68.3 cm³/mol. The van der Waals surface area contributed by atoms with Crippen LogP contribution in [0.2, 0.25) is 0 Å². The van der Waals surface area contributed by atoms with Gasteiger partial charge in [0.05, 0.1) is 0 Å². The molecule has 0 radical (unpaired) electrons. The van der Waals surface area contributed by atoms with Crippen LogP contribution in [-0.2, 0) is 11.2 Å². The molecule has 1 atom stereocenters. The fraction of sp³-hybridized carbons (Fsp3) is 0.571. The van der Waals surface area contributed by atoms with E-state index in [1.165, 1.54) is 17.5 Å². The molecule has 1 aliphatic rings. The van der Waals surface area contributed by atoms with E-state index in [0.717, 1.165) is 18.7 Å². The van der Waals surface area contributed by atoms with E-state index in [1.807, 2.05) is 13.0 Å². The van der Waals surface area contributed by atoms with Crippen LogP contribution in [0.15, 0.2) is 18.2 Å². The number of benzene rings is 1. The first-order valence-electron chi connectivity index (χ1n) is 6.42. The summed E-state index contributed by atoms with van der Waals surface area (Å²) in [5, 5.41) is 3.51. The van der Waals surface area contributed by atoms with Crippen LogP contribution in [0.4, 0.5) is 0 Å². The molecule has 0 aromatic heterocycles. The summed E-state index contributed by atoms with van der Waals surface area (Å²) >= 11 is 0. The third kappa shape index (κ3) is 2.99. The second-order valence-electron chi connectivity index (χ2n) is 4.26. The quantitative estimate of drug-likeness (QED) is 0.607. The fourth-order valence-electron chi connectivity index (χ4n) is 2.34. The van der Waals surface area contributed by atoms with Crippen LogP contribution in [0.5, 0.6) is 5.75 Å². The molecule has 0 fully saturated rings. The van der Waals surface area contributed by atoms with Crippen LogP contribution >= 0.6 is 0 Å². The van der Waals surface area contributed by atoms with Gasteiger partial charge in [0, 0.05) is 12.6 Å². The van der Waals surface area contributed by atoms with E-state index in [-0.39, 0.29) is 0 Å². The maximum atomic E-state index is 5.52. The Labute approximate surface area is 103 Å². The highest BCUT2D eigenvalue weighted by molar-refractivity contribution is 5.40. The third-order valence-corrected chi connectivity index (χ3v) is 3.16. The molecule has 2 rings (SSSR count). The van der Waals surface area contributed by atoms with Crippen molar-refractivity contribution in [2.45, 2.75) is 32.7 Å². The average Bonchev–Trinajstić information content (AvgIpc) is 2.73. The first-order chi connectivity index (χ1) is 8.35. The molecule has 0 amide bonds. The Morgan fingerprint density at radius 2 is 2.24 bits per heavy atom. The van der Waals surface area contributed by atoms with Crippen molar-refractivity contribution in [2.75, 3.05) is 19.9 Å². The molecule has 17 heavy (non-hydrogen) atoms. The van der Waals surface area contributed by atoms with Crippen molar-refractivity contribution in [2.24, 2.45) is 0 Å². The average molecular weight is 235 g/mol. The van der Waals surface area contributed by atoms with E-state index in [4.69, 9.17) is 9.47 Å². The van der Waals surface area contributed by atoms with Gasteiger partial charge in [0.15, 0.2) is 6.79 Å². The molecule has 1 aliphatic carbocycles. The zero-order valence-electron chi connectivity index (χ0n) is 10.7. The van der Waals surface area contributed by atoms with Crippen LogP contribution in [0, 0.1) is 0 Å². The number of hydrogen-bond acceptors (Lipinski definition) is 3. The number of nitrogens with one attached hydrogen (secondary N) is 1. The van der Waals surface area contributed by atoms with E-state index < -0.39 is 0 Å². The minimum atomic E-state index is 0.339. The van der Waals surface area contributed by atoms with Gasteiger partial charge in [-0.05, 0) is 49.6 Å². The summed E-state index contributed by atoms with van der Waals surface area (Å²) in [6.45, 7) is 6.16. The van der Waals surface area contributed by atoms with Gasteiger partial charge in [-0.2, -0.15) is 0 Å². The Hall–Kier alpha value is -1.06. The number of ether oxygens (including phenoxy) is 2. The molecule has 0 saturated heterocycles. The van der Waals surface area contributed by atoms with Gasteiger partial charge in [-0.1, -0.05) is 13.0 Å². The minimum absolute atomic E-state index is 0.339. The summed E-state index contributed by atoms with van der Waals surface area (Å²) in [6, 6.07) is 6.88. The monoisotopic (exact) mass is 235 g/mol. The van der Waals surface area contributed by atoms with E-state index in [0.29, 0.717) is 19.4 Å². The Balaban J connectivity index is 2.01. The van der Waals surface area contributed by atoms with E-state index in [9.17, 15) is 0 Å². The summed E-state index contributed by atoms with van der Waals surface area (Å²) in [5.41, 5.74) is 2.83. The second kappa shape index (κ2) is 6.03. The third-order valence-electron chi connectivity index (χ3n) is 3.16. The molecule has 0 bridgehead atoms. The van der Waals surface area contributed by atoms with Gasteiger partial charge in [-0.3, -0.25) is 0 Å². The van der Waals surface area contributed by atoms with Crippen LogP contribution in [-0.4, -0.2) is 19.9 Å². The Morgan fingerprint density at radius 1 is 1.35 bits per heavy atom. The molecule has 1 unspecified atom stereocenters. The van der Waals surface area contributed by atoms with Gasteiger partial charge in [0.25, 0.3) is 0 Å². The molecular formula is C14H21NO2. The molecule has 0 aliphatic heterocycles. The van der Waals surface area contributed by atoms with Crippen molar-refractivity contribution in [3.63, 3.8) is 0 Å². The van der Waals surface area contributed by atoms with Gasteiger partial charge in [0.1, 0.15) is 5.75 Å². The molecule has 94 valence electrons. The van der Waals surface area contributed by atoms with Crippen molar-refractivity contribution >= 4 is 0 Å². The highest BCUT2D eigenvalue weighted by Crippen LogP contribution is 2.33. The fourth-order valence-corrected chi connectivity index (χ4v) is 2.34. The molecule has 1 aromatic carbocycles. The van der Waals surface area contributed by atoms with Crippen molar-refractivity contribution < 1.29 is 9.47 Å². The molecule has 3 nitrogen and oxygen atoms in total. The standard InChI is InChI=1S/C14H21NO2/c1-3-15-14-8-5-11-9-12(6-7-13(11)14)17-10-16-4-2/h6-7,9,14-15H,3-5,8,10H2,1-2H3. The van der Waals surface area contributed by atoms with Crippen molar-refractivity contribution in [3.05, 3.63) is 29.3 Å². The van der Waals surface area contributed by atoms with Crippen molar-refractivity contribution in [3.8, 4) is 5.75 Å². The van der Waals surface area contributed by atoms with Crippen LogP contribution in [0.25, 0.3) is 0 Å². The minimum Gasteiger partial charge on any atom is -0.468 e. The number of fused-ring (bicyclic) bond motifs is 1. The summed E-state index contributed by atoms with van der Waals surface area (Å²) in [5.74, 6) is 0.911. The molecule has 1 N–H and O–H groups in total. The zero-order chi connectivity index (χ0) is 12.1. The van der Waals surface area contributed by atoms with E-state index in [1.54, 1.807) is 0 Å². The first-order valence-corrected chi connectivity index (χ1v) is 6.42. The lowest BCUT2D eigenvalue weighted by molar-refractivity contribution is 0.0224. The summed E-state index contributed by atoms with van der Waals surface area (Å²) in [4.78, 5) is 0. The highest BCUT2D eigenvalue weighted by Gasteiger charge is 2.21. The molecule has 0 saturated carbocycles. The van der Waals surface area contributed by atoms with Crippen LogP contribution in [0.3, 0.4) is 0 Å². The lowest BCUT2D eigenvalue weighted by Gasteiger charge is -2.13. The van der Waals surface area contributed by atoms with Gasteiger partial charge >= 0.3 is 0 Å². The van der Waals surface area contributed by atoms with Crippen molar-refractivity contribution in [1.29, 1.82) is 0 Å². The summed E-state index contributed by atoms with van der Waals surface area (Å²) in [7, 11) is 0.